The number of amides is 1. The number of nitrogens with zero attached hydrogens (tertiary/aromatic N) is 5. The fourth-order valence-electron chi connectivity index (χ4n) is 3.90. The van der Waals surface area contributed by atoms with Gasteiger partial charge in [-0.1, -0.05) is 0 Å². The van der Waals surface area contributed by atoms with E-state index in [1.54, 1.807) is 11.8 Å². The highest BCUT2D eigenvalue weighted by Crippen LogP contribution is 2.30. The van der Waals surface area contributed by atoms with Crippen LogP contribution in [0.1, 0.15) is 18.0 Å². The molecule has 0 unspecified atom stereocenters. The Balaban J connectivity index is 1.78. The number of ether oxygens (including phenoxy) is 2. The number of hydrogen-bond acceptors (Lipinski definition) is 6. The quantitative estimate of drug-likeness (QED) is 0.730. The molecule has 2 fully saturated rings. The van der Waals surface area contributed by atoms with E-state index in [9.17, 15) is 4.79 Å². The van der Waals surface area contributed by atoms with Crippen molar-refractivity contribution in [3.8, 4) is 0 Å². The molecule has 2 atom stereocenters. The largest absolute Gasteiger partial charge is 0.375 e. The van der Waals surface area contributed by atoms with Crippen molar-refractivity contribution in [3.05, 3.63) is 18.0 Å². The molecular formula is C18H31N5O3. The van der Waals surface area contributed by atoms with Gasteiger partial charge in [0, 0.05) is 52.1 Å². The lowest BCUT2D eigenvalue weighted by Crippen LogP contribution is -2.52. The van der Waals surface area contributed by atoms with Crippen LogP contribution in [0.2, 0.25) is 0 Å². The number of morpholine rings is 1. The summed E-state index contributed by atoms with van der Waals surface area (Å²) < 4.78 is 13.0. The highest BCUT2D eigenvalue weighted by molar-refractivity contribution is 5.78. The summed E-state index contributed by atoms with van der Waals surface area (Å²) in [6.45, 7) is 6.36. The molecule has 146 valence electrons. The maximum absolute atomic E-state index is 12.6. The predicted molar refractivity (Wildman–Crippen MR) is 97.8 cm³/mol. The van der Waals surface area contributed by atoms with Gasteiger partial charge >= 0.3 is 0 Å². The average molecular weight is 365 g/mol. The van der Waals surface area contributed by atoms with Crippen molar-refractivity contribution in [2.45, 2.75) is 18.6 Å². The number of methoxy groups -OCH3 is 1. The van der Waals surface area contributed by atoms with Gasteiger partial charge in [-0.05, 0) is 26.6 Å². The van der Waals surface area contributed by atoms with Gasteiger partial charge in [-0.3, -0.25) is 14.4 Å². The van der Waals surface area contributed by atoms with Gasteiger partial charge in [0.2, 0.25) is 5.91 Å². The van der Waals surface area contributed by atoms with E-state index < -0.39 is 0 Å². The normalized spacial score (nSPS) is 26.0. The third kappa shape index (κ3) is 4.62. The van der Waals surface area contributed by atoms with Gasteiger partial charge in [0.1, 0.15) is 6.61 Å². The first kappa shape index (κ1) is 19.3. The van der Waals surface area contributed by atoms with Gasteiger partial charge in [0.25, 0.3) is 0 Å². The summed E-state index contributed by atoms with van der Waals surface area (Å²) >= 11 is 0. The molecule has 2 saturated heterocycles. The summed E-state index contributed by atoms with van der Waals surface area (Å²) in [6, 6.07) is -0.124. The Bertz CT molecular complexity index is 593. The summed E-state index contributed by atoms with van der Waals surface area (Å²) in [5.41, 5.74) is 1.02. The monoisotopic (exact) mass is 365 g/mol. The lowest BCUT2D eigenvalue weighted by Gasteiger charge is -2.42. The molecule has 8 nitrogen and oxygen atoms in total. The Kier molecular flexibility index (Phi) is 6.63. The molecule has 0 spiro atoms. The molecule has 1 amide bonds. The van der Waals surface area contributed by atoms with Gasteiger partial charge in [0.05, 0.1) is 24.9 Å². The highest BCUT2D eigenvalue weighted by Gasteiger charge is 2.38. The van der Waals surface area contributed by atoms with Crippen molar-refractivity contribution in [2.75, 3.05) is 66.6 Å². The number of likely N-dealkylation sites (N-methyl/N-ethyl adjacent to an activating group) is 1. The van der Waals surface area contributed by atoms with Crippen molar-refractivity contribution in [1.29, 1.82) is 0 Å². The molecule has 8 heteroatoms. The summed E-state index contributed by atoms with van der Waals surface area (Å²) in [7, 11) is 5.63. The molecule has 1 aromatic heterocycles. The molecule has 0 radical (unpaired) electrons. The van der Waals surface area contributed by atoms with Gasteiger partial charge in [-0.2, -0.15) is 5.10 Å². The van der Waals surface area contributed by atoms with Crippen molar-refractivity contribution in [3.63, 3.8) is 0 Å². The molecule has 2 aliphatic rings. The van der Waals surface area contributed by atoms with Crippen LogP contribution in [0.5, 0.6) is 0 Å². The van der Waals surface area contributed by atoms with Crippen LogP contribution in [0, 0.1) is 0 Å². The van der Waals surface area contributed by atoms with E-state index in [-0.39, 0.29) is 24.7 Å². The van der Waals surface area contributed by atoms with E-state index in [1.165, 1.54) is 0 Å². The van der Waals surface area contributed by atoms with E-state index in [1.807, 2.05) is 24.3 Å². The minimum Gasteiger partial charge on any atom is -0.375 e. The molecule has 3 heterocycles. The molecule has 3 rings (SSSR count). The van der Waals surface area contributed by atoms with Crippen molar-refractivity contribution in [1.82, 2.24) is 24.5 Å². The Labute approximate surface area is 155 Å². The number of carbonyl (C=O) groups excluding carboxylic acids is 1. The number of rotatable bonds is 5. The fraction of sp³-hybridized carbons (Fsp3) is 0.778. The number of carbonyl (C=O) groups is 1. The van der Waals surface area contributed by atoms with Gasteiger partial charge < -0.3 is 19.3 Å². The zero-order valence-corrected chi connectivity index (χ0v) is 16.1. The minimum atomic E-state index is -0.124. The smallest absolute Gasteiger partial charge is 0.249 e. The van der Waals surface area contributed by atoms with Crippen LogP contribution in [-0.4, -0.2) is 103 Å². The number of aromatic nitrogens is 2. The Morgan fingerprint density at radius 1 is 1.27 bits per heavy atom. The van der Waals surface area contributed by atoms with Crippen LogP contribution in [0.15, 0.2) is 12.4 Å². The molecule has 0 bridgehead atoms. The van der Waals surface area contributed by atoms with Crippen LogP contribution < -0.4 is 0 Å². The second-order valence-electron chi connectivity index (χ2n) is 7.28. The lowest BCUT2D eigenvalue weighted by atomic mass is 10.00. The maximum Gasteiger partial charge on any atom is 0.249 e. The summed E-state index contributed by atoms with van der Waals surface area (Å²) in [5, 5.41) is 4.31. The first-order chi connectivity index (χ1) is 12.6. The second-order valence-corrected chi connectivity index (χ2v) is 7.28. The lowest BCUT2D eigenvalue weighted by molar-refractivity contribution is -0.152. The Morgan fingerprint density at radius 3 is 2.85 bits per heavy atom. The Morgan fingerprint density at radius 2 is 2.12 bits per heavy atom. The zero-order valence-electron chi connectivity index (χ0n) is 16.1. The standard InChI is InChI=1S/C18H31N5O3/c1-20-5-4-6-22(8-7-20)13-16-18(15-11-19-21(2)12-15)23(9-10-26-16)17(24)14-25-3/h11-12,16,18H,4-10,13-14H2,1-3H3/t16-,18-/m0/s1. The fourth-order valence-corrected chi connectivity index (χ4v) is 3.90. The van der Waals surface area contributed by atoms with E-state index in [2.05, 4.69) is 21.9 Å². The van der Waals surface area contributed by atoms with E-state index >= 15 is 0 Å². The SMILES string of the molecule is COCC(=O)N1CCO[C@@H](CN2CCCN(C)CC2)[C@@H]1c1cnn(C)c1. The Hall–Kier alpha value is -1.48. The maximum atomic E-state index is 12.6. The second kappa shape index (κ2) is 8.94. The molecule has 1 aromatic rings. The number of hydrogen-bond donors (Lipinski definition) is 0. The highest BCUT2D eigenvalue weighted by atomic mass is 16.5. The van der Waals surface area contributed by atoms with Crippen molar-refractivity contribution in [2.24, 2.45) is 7.05 Å². The van der Waals surface area contributed by atoms with Crippen LogP contribution >= 0.6 is 0 Å². The van der Waals surface area contributed by atoms with E-state index in [0.29, 0.717) is 13.2 Å². The van der Waals surface area contributed by atoms with E-state index in [4.69, 9.17) is 9.47 Å². The third-order valence-corrected chi connectivity index (χ3v) is 5.26. The third-order valence-electron chi connectivity index (χ3n) is 5.26. The van der Waals surface area contributed by atoms with Crippen LogP contribution in [0.3, 0.4) is 0 Å². The van der Waals surface area contributed by atoms with Gasteiger partial charge in [-0.15, -0.1) is 0 Å². The number of aryl methyl sites for hydroxylation is 1. The molecule has 0 aliphatic carbocycles. The van der Waals surface area contributed by atoms with Crippen molar-refractivity contribution < 1.29 is 14.3 Å². The predicted octanol–water partition coefficient (Wildman–Crippen LogP) is -0.0275. The topological polar surface area (TPSA) is 63.1 Å². The average Bonchev–Trinajstić information content (AvgIpc) is 2.94. The molecular weight excluding hydrogens is 334 g/mol. The van der Waals surface area contributed by atoms with Crippen LogP contribution in [-0.2, 0) is 21.3 Å². The molecule has 0 saturated carbocycles. The van der Waals surface area contributed by atoms with Crippen molar-refractivity contribution >= 4 is 5.91 Å². The van der Waals surface area contributed by atoms with E-state index in [0.717, 1.165) is 44.7 Å². The van der Waals surface area contributed by atoms with Crippen LogP contribution in [0.4, 0.5) is 0 Å². The van der Waals surface area contributed by atoms with Gasteiger partial charge in [0.15, 0.2) is 0 Å². The summed E-state index contributed by atoms with van der Waals surface area (Å²) in [4.78, 5) is 19.4. The molecule has 26 heavy (non-hydrogen) atoms. The summed E-state index contributed by atoms with van der Waals surface area (Å²) in [6.07, 6.45) is 4.93. The molecule has 0 aromatic carbocycles. The molecule has 0 N–H and O–H groups in total. The first-order valence-electron chi connectivity index (χ1n) is 9.38. The van der Waals surface area contributed by atoms with Crippen LogP contribution in [0.25, 0.3) is 0 Å². The van der Waals surface area contributed by atoms with Gasteiger partial charge in [-0.25, -0.2) is 0 Å². The summed E-state index contributed by atoms with van der Waals surface area (Å²) in [5.74, 6) is 0.00486. The minimum absolute atomic E-state index is 0.00486. The first-order valence-corrected chi connectivity index (χ1v) is 9.38. The molecule has 2 aliphatic heterocycles. The zero-order chi connectivity index (χ0) is 18.5.